The lowest BCUT2D eigenvalue weighted by atomic mass is 10.1. The highest BCUT2D eigenvalue weighted by atomic mass is 16.6. The van der Waals surface area contributed by atoms with Crippen LogP contribution in [0.2, 0.25) is 0 Å². The van der Waals surface area contributed by atoms with Gasteiger partial charge in [-0.1, -0.05) is 12.1 Å². The fourth-order valence-electron chi connectivity index (χ4n) is 2.91. The van der Waals surface area contributed by atoms with Gasteiger partial charge in [0.2, 0.25) is 0 Å². The average molecular weight is 488 g/mol. The summed E-state index contributed by atoms with van der Waals surface area (Å²) in [7, 11) is 1.41. The molecule has 0 aliphatic heterocycles. The highest BCUT2D eigenvalue weighted by molar-refractivity contribution is 5.90. The van der Waals surface area contributed by atoms with Crippen molar-refractivity contribution in [2.45, 2.75) is 59.2 Å². The molecule has 2 aromatic rings. The molecule has 2 rings (SSSR count). The van der Waals surface area contributed by atoms with Crippen LogP contribution in [0.3, 0.4) is 0 Å². The maximum Gasteiger partial charge on any atom is 0.414 e. The molecule has 0 saturated carbocycles. The summed E-state index contributed by atoms with van der Waals surface area (Å²) >= 11 is 0. The Morgan fingerprint density at radius 3 is 2.11 bits per heavy atom. The lowest BCUT2D eigenvalue weighted by molar-refractivity contribution is -0.384. The molecule has 0 unspecified atom stereocenters. The molecule has 10 nitrogen and oxygen atoms in total. The number of carbonyl (C=O) groups is 2. The summed E-state index contributed by atoms with van der Waals surface area (Å²) in [6.45, 7) is 10.8. The number of anilines is 2. The number of nitrogens with zero attached hydrogens (tertiary/aromatic N) is 2. The fraction of sp³-hybridized carbons (Fsp3) is 0.440. The normalized spacial score (nSPS) is 11.4. The Bertz CT molecular complexity index is 1050. The van der Waals surface area contributed by atoms with Crippen LogP contribution >= 0.6 is 0 Å². The summed E-state index contributed by atoms with van der Waals surface area (Å²) in [4.78, 5) is 36.3. The fourth-order valence-corrected chi connectivity index (χ4v) is 2.91. The quantitative estimate of drug-likeness (QED) is 0.379. The Morgan fingerprint density at radius 1 is 0.971 bits per heavy atom. The zero-order valence-electron chi connectivity index (χ0n) is 21.2. The Labute approximate surface area is 205 Å². The van der Waals surface area contributed by atoms with Crippen molar-refractivity contribution in [3.63, 3.8) is 0 Å². The van der Waals surface area contributed by atoms with Crippen LogP contribution in [0.25, 0.3) is 0 Å². The molecule has 0 aliphatic carbocycles. The second kappa shape index (κ2) is 11.1. The van der Waals surface area contributed by atoms with Crippen molar-refractivity contribution in [1.82, 2.24) is 0 Å². The van der Waals surface area contributed by atoms with E-state index >= 15 is 0 Å². The molecule has 2 aromatic carbocycles. The number of benzene rings is 2. The lowest BCUT2D eigenvalue weighted by Gasteiger charge is -2.24. The summed E-state index contributed by atoms with van der Waals surface area (Å²) in [6, 6.07) is 11.5. The molecule has 0 saturated heterocycles. The minimum absolute atomic E-state index is 0.0688. The first kappa shape index (κ1) is 27.4. The number of amides is 2. The molecule has 190 valence electrons. The second-order valence-electron chi connectivity index (χ2n) is 9.87. The van der Waals surface area contributed by atoms with Crippen LogP contribution in [-0.2, 0) is 15.9 Å². The number of nitrogens with one attached hydrogen (secondary N) is 1. The van der Waals surface area contributed by atoms with Crippen molar-refractivity contribution in [2.75, 3.05) is 23.9 Å². The Hall–Kier alpha value is -3.82. The number of carbonyl (C=O) groups excluding carboxylic acids is 2. The van der Waals surface area contributed by atoms with Crippen molar-refractivity contribution in [1.29, 1.82) is 0 Å². The number of hydrogen-bond donors (Lipinski definition) is 1. The monoisotopic (exact) mass is 487 g/mol. The SMILES string of the molecule is CN(C(=O)OC(C)(C)C)c1cc(OCCc2ccc(NC(=O)OC(C)(C)C)cc2)ccc1[N+](=O)[O-]. The predicted octanol–water partition coefficient (Wildman–Crippen LogP) is 5.93. The molecule has 2 amide bonds. The van der Waals surface area contributed by atoms with Crippen LogP contribution in [0, 0.1) is 10.1 Å². The lowest BCUT2D eigenvalue weighted by Crippen LogP contribution is -2.34. The molecule has 0 bridgehead atoms. The van der Waals surface area contributed by atoms with E-state index < -0.39 is 28.3 Å². The largest absolute Gasteiger partial charge is 0.493 e. The number of rotatable bonds is 7. The van der Waals surface area contributed by atoms with Gasteiger partial charge < -0.3 is 14.2 Å². The smallest absolute Gasteiger partial charge is 0.414 e. The molecule has 0 atom stereocenters. The maximum atomic E-state index is 12.4. The zero-order chi connectivity index (χ0) is 26.4. The van der Waals surface area contributed by atoms with Crippen LogP contribution in [0.15, 0.2) is 42.5 Å². The summed E-state index contributed by atoms with van der Waals surface area (Å²) in [5.41, 5.74) is 0.0764. The van der Waals surface area contributed by atoms with Gasteiger partial charge in [-0.05, 0) is 65.3 Å². The molecule has 0 heterocycles. The Kier molecular flexibility index (Phi) is 8.67. The predicted molar refractivity (Wildman–Crippen MR) is 133 cm³/mol. The summed E-state index contributed by atoms with van der Waals surface area (Å²) in [6.07, 6.45) is -0.683. The van der Waals surface area contributed by atoms with E-state index in [2.05, 4.69) is 5.32 Å². The molecular weight excluding hydrogens is 454 g/mol. The van der Waals surface area contributed by atoms with E-state index in [0.29, 0.717) is 24.5 Å². The Morgan fingerprint density at radius 2 is 1.57 bits per heavy atom. The summed E-state index contributed by atoms with van der Waals surface area (Å²) < 4.78 is 16.3. The van der Waals surface area contributed by atoms with Gasteiger partial charge in [-0.3, -0.25) is 20.3 Å². The third-order valence-electron chi connectivity index (χ3n) is 4.43. The first-order chi connectivity index (χ1) is 16.1. The number of hydrogen-bond acceptors (Lipinski definition) is 7. The zero-order valence-corrected chi connectivity index (χ0v) is 21.2. The van der Waals surface area contributed by atoms with Crippen LogP contribution < -0.4 is 15.0 Å². The molecule has 0 spiro atoms. The average Bonchev–Trinajstić information content (AvgIpc) is 2.71. The third-order valence-corrected chi connectivity index (χ3v) is 4.43. The van der Waals surface area contributed by atoms with Gasteiger partial charge in [0.1, 0.15) is 22.6 Å². The highest BCUT2D eigenvalue weighted by Gasteiger charge is 2.26. The number of nitro groups is 1. The number of ether oxygens (including phenoxy) is 3. The number of nitro benzene ring substituents is 1. The van der Waals surface area contributed by atoms with Crippen molar-refractivity contribution in [2.24, 2.45) is 0 Å². The van der Waals surface area contributed by atoms with Gasteiger partial charge in [0.05, 0.1) is 11.5 Å². The molecular formula is C25H33N3O7. The minimum atomic E-state index is -0.744. The Balaban J connectivity index is 2.01. The van der Waals surface area contributed by atoms with E-state index in [0.717, 1.165) is 10.5 Å². The van der Waals surface area contributed by atoms with Crippen molar-refractivity contribution >= 4 is 29.2 Å². The third kappa shape index (κ3) is 9.15. The first-order valence-electron chi connectivity index (χ1n) is 11.1. The van der Waals surface area contributed by atoms with Crippen molar-refractivity contribution < 1.29 is 28.7 Å². The van der Waals surface area contributed by atoms with Crippen molar-refractivity contribution in [3.8, 4) is 5.75 Å². The van der Waals surface area contributed by atoms with E-state index in [4.69, 9.17) is 14.2 Å². The van der Waals surface area contributed by atoms with E-state index in [9.17, 15) is 19.7 Å². The summed E-state index contributed by atoms with van der Waals surface area (Å²) in [5, 5.41) is 14.1. The van der Waals surface area contributed by atoms with Crippen LogP contribution in [0.5, 0.6) is 5.75 Å². The van der Waals surface area contributed by atoms with Gasteiger partial charge >= 0.3 is 12.2 Å². The summed E-state index contributed by atoms with van der Waals surface area (Å²) in [5.74, 6) is 0.379. The van der Waals surface area contributed by atoms with Crippen LogP contribution in [0.4, 0.5) is 26.7 Å². The van der Waals surface area contributed by atoms with Gasteiger partial charge in [-0.15, -0.1) is 0 Å². The standard InChI is InChI=1S/C25H33N3O7/c1-24(2,3)34-22(29)26-18-10-8-17(9-11-18)14-15-33-19-12-13-20(28(31)32)21(16-19)27(7)23(30)35-25(4,5)6/h8-13,16H,14-15H2,1-7H3,(H,26,29). The van der Waals surface area contributed by atoms with E-state index in [1.165, 1.54) is 25.2 Å². The topological polar surface area (TPSA) is 120 Å². The van der Waals surface area contributed by atoms with E-state index in [1.54, 1.807) is 53.7 Å². The van der Waals surface area contributed by atoms with Gasteiger partial charge in [0.25, 0.3) is 5.69 Å². The molecule has 0 fully saturated rings. The van der Waals surface area contributed by atoms with E-state index in [-0.39, 0.29) is 11.4 Å². The maximum absolute atomic E-state index is 12.4. The first-order valence-corrected chi connectivity index (χ1v) is 11.1. The molecule has 0 radical (unpaired) electrons. The van der Waals surface area contributed by atoms with Gasteiger partial charge in [0.15, 0.2) is 0 Å². The molecule has 35 heavy (non-hydrogen) atoms. The van der Waals surface area contributed by atoms with Crippen molar-refractivity contribution in [3.05, 3.63) is 58.1 Å². The minimum Gasteiger partial charge on any atom is -0.493 e. The molecule has 1 N–H and O–H groups in total. The van der Waals surface area contributed by atoms with Gasteiger partial charge in [-0.2, -0.15) is 0 Å². The molecule has 0 aliphatic rings. The van der Waals surface area contributed by atoms with E-state index in [1.807, 2.05) is 12.1 Å². The van der Waals surface area contributed by atoms with Crippen LogP contribution in [-0.4, -0.2) is 42.0 Å². The second-order valence-corrected chi connectivity index (χ2v) is 9.87. The highest BCUT2D eigenvalue weighted by Crippen LogP contribution is 2.32. The van der Waals surface area contributed by atoms with Gasteiger partial charge in [-0.25, -0.2) is 9.59 Å². The van der Waals surface area contributed by atoms with Crippen LogP contribution in [0.1, 0.15) is 47.1 Å². The molecule has 10 heteroatoms. The molecule has 0 aromatic heterocycles. The van der Waals surface area contributed by atoms with Gasteiger partial charge in [0, 0.05) is 31.3 Å².